The van der Waals surface area contributed by atoms with Crippen molar-refractivity contribution in [1.29, 1.82) is 0 Å². The summed E-state index contributed by atoms with van der Waals surface area (Å²) >= 11 is 0. The second-order valence-corrected chi connectivity index (χ2v) is 5.47. The lowest BCUT2D eigenvalue weighted by Gasteiger charge is -2.20. The smallest absolute Gasteiger partial charge is 0.310 e. The highest BCUT2D eigenvalue weighted by molar-refractivity contribution is 5.70. The van der Waals surface area contributed by atoms with Crippen molar-refractivity contribution >= 4 is 5.97 Å². The monoisotopic (exact) mass is 236 g/mol. The lowest BCUT2D eigenvalue weighted by molar-refractivity contribution is -0.138. The Morgan fingerprint density at radius 2 is 2.29 bits per heavy atom. The van der Waals surface area contributed by atoms with Crippen LogP contribution in [-0.4, -0.2) is 5.97 Å². The molecule has 96 valence electrons. The van der Waals surface area contributed by atoms with Crippen molar-refractivity contribution in [2.45, 2.75) is 53.4 Å². The van der Waals surface area contributed by atoms with Crippen LogP contribution in [0, 0.1) is 11.8 Å². The predicted molar refractivity (Wildman–Crippen MR) is 70.4 cm³/mol. The minimum absolute atomic E-state index is 0.123. The predicted octanol–water partition coefficient (Wildman–Crippen LogP) is 4.23. The number of esters is 1. The normalized spacial score (nSPS) is 21.4. The zero-order valence-corrected chi connectivity index (χ0v) is 11.5. The summed E-state index contributed by atoms with van der Waals surface area (Å²) in [5, 5.41) is 0. The van der Waals surface area contributed by atoms with Gasteiger partial charge in [-0.25, -0.2) is 0 Å². The zero-order chi connectivity index (χ0) is 12.8. The van der Waals surface area contributed by atoms with Gasteiger partial charge in [0.1, 0.15) is 0 Å². The summed E-state index contributed by atoms with van der Waals surface area (Å²) in [4.78, 5) is 11.4. The summed E-state index contributed by atoms with van der Waals surface area (Å²) in [5.41, 5.74) is 2.66. The van der Waals surface area contributed by atoms with Gasteiger partial charge in [-0.05, 0) is 50.5 Å². The minimum Gasteiger partial charge on any atom is -0.435 e. The highest BCUT2D eigenvalue weighted by Crippen LogP contribution is 2.28. The second kappa shape index (κ2) is 6.63. The molecule has 0 aromatic heterocycles. The van der Waals surface area contributed by atoms with E-state index in [1.807, 2.05) is 13.8 Å². The van der Waals surface area contributed by atoms with Crippen LogP contribution in [0.1, 0.15) is 53.4 Å². The van der Waals surface area contributed by atoms with Crippen molar-refractivity contribution in [3.05, 3.63) is 23.5 Å². The van der Waals surface area contributed by atoms with Crippen LogP contribution in [0.4, 0.5) is 0 Å². The van der Waals surface area contributed by atoms with Gasteiger partial charge in [-0.3, -0.25) is 4.79 Å². The first-order chi connectivity index (χ1) is 7.99. The fourth-order valence-electron chi connectivity index (χ4n) is 2.02. The Morgan fingerprint density at radius 1 is 1.59 bits per heavy atom. The summed E-state index contributed by atoms with van der Waals surface area (Å²) in [7, 11) is 0. The van der Waals surface area contributed by atoms with Crippen molar-refractivity contribution in [3.8, 4) is 0 Å². The largest absolute Gasteiger partial charge is 0.435 e. The van der Waals surface area contributed by atoms with Gasteiger partial charge >= 0.3 is 5.97 Å². The van der Waals surface area contributed by atoms with Gasteiger partial charge in [0.2, 0.25) is 0 Å². The fraction of sp³-hybridized carbons (Fsp3) is 0.667. The number of hydrogen-bond donors (Lipinski definition) is 0. The van der Waals surface area contributed by atoms with Crippen molar-refractivity contribution in [3.63, 3.8) is 0 Å². The highest BCUT2D eigenvalue weighted by Gasteiger charge is 2.15. The van der Waals surface area contributed by atoms with Gasteiger partial charge in [0.15, 0.2) is 0 Å². The molecule has 0 fully saturated rings. The third kappa shape index (κ3) is 5.20. The Labute approximate surface area is 105 Å². The first kappa shape index (κ1) is 14.0. The first-order valence-corrected chi connectivity index (χ1v) is 6.50. The van der Waals surface area contributed by atoms with Crippen molar-refractivity contribution < 1.29 is 9.53 Å². The van der Waals surface area contributed by atoms with E-state index in [9.17, 15) is 4.79 Å². The highest BCUT2D eigenvalue weighted by atomic mass is 16.5. The van der Waals surface area contributed by atoms with Crippen LogP contribution in [0.15, 0.2) is 23.5 Å². The molecule has 17 heavy (non-hydrogen) atoms. The Hall–Kier alpha value is -1.05. The molecule has 0 spiro atoms. The molecule has 1 atom stereocenters. The van der Waals surface area contributed by atoms with Crippen LogP contribution in [0.25, 0.3) is 0 Å². The molecule has 2 nitrogen and oxygen atoms in total. The van der Waals surface area contributed by atoms with Crippen LogP contribution >= 0.6 is 0 Å². The molecule has 0 aliphatic heterocycles. The zero-order valence-electron chi connectivity index (χ0n) is 11.5. The number of allylic oxidation sites excluding steroid dienone is 3. The molecule has 0 radical (unpaired) electrons. The van der Waals surface area contributed by atoms with Crippen LogP contribution in [-0.2, 0) is 9.53 Å². The average Bonchev–Trinajstić information content (AvgIpc) is 2.26. The van der Waals surface area contributed by atoms with E-state index >= 15 is 0 Å². The Kier molecular flexibility index (Phi) is 5.46. The molecule has 0 N–H and O–H groups in total. The topological polar surface area (TPSA) is 26.3 Å². The van der Waals surface area contributed by atoms with Crippen LogP contribution in [0.2, 0.25) is 0 Å². The average molecular weight is 236 g/mol. The van der Waals surface area contributed by atoms with E-state index in [4.69, 9.17) is 4.74 Å². The molecule has 0 aromatic rings. The van der Waals surface area contributed by atoms with E-state index in [-0.39, 0.29) is 5.97 Å². The van der Waals surface area contributed by atoms with Gasteiger partial charge in [-0.1, -0.05) is 25.5 Å². The Balaban J connectivity index is 2.42. The standard InChI is InChI=1S/C15H24O2/c1-11(2)9-15(16)17-10-13(4)14-7-5-12(3)6-8-14/h5,10-11,14H,6-9H2,1-4H3/b13-10+. The molecular weight excluding hydrogens is 212 g/mol. The van der Waals surface area contributed by atoms with E-state index in [2.05, 4.69) is 19.9 Å². The maximum absolute atomic E-state index is 11.4. The minimum atomic E-state index is -0.123. The molecule has 1 rings (SSSR count). The van der Waals surface area contributed by atoms with E-state index in [1.54, 1.807) is 6.26 Å². The summed E-state index contributed by atoms with van der Waals surface area (Å²) in [5.74, 6) is 0.781. The molecule has 1 unspecified atom stereocenters. The molecule has 1 aliphatic rings. The fourth-order valence-corrected chi connectivity index (χ4v) is 2.02. The van der Waals surface area contributed by atoms with Gasteiger partial charge in [0.05, 0.1) is 6.26 Å². The second-order valence-electron chi connectivity index (χ2n) is 5.47. The van der Waals surface area contributed by atoms with Crippen molar-refractivity contribution in [1.82, 2.24) is 0 Å². The van der Waals surface area contributed by atoms with Gasteiger partial charge in [0, 0.05) is 6.42 Å². The van der Waals surface area contributed by atoms with E-state index in [0.717, 1.165) is 12.8 Å². The van der Waals surface area contributed by atoms with Crippen LogP contribution in [0.3, 0.4) is 0 Å². The molecule has 0 aromatic carbocycles. The van der Waals surface area contributed by atoms with Crippen molar-refractivity contribution in [2.75, 3.05) is 0 Å². The Bertz CT molecular complexity index is 324. The van der Waals surface area contributed by atoms with Gasteiger partial charge < -0.3 is 4.74 Å². The van der Waals surface area contributed by atoms with Crippen LogP contribution in [0.5, 0.6) is 0 Å². The molecule has 0 amide bonds. The molecular formula is C15H24O2. The van der Waals surface area contributed by atoms with Crippen LogP contribution < -0.4 is 0 Å². The van der Waals surface area contributed by atoms with Gasteiger partial charge in [-0.15, -0.1) is 0 Å². The molecule has 0 saturated heterocycles. The number of carbonyl (C=O) groups is 1. The lowest BCUT2D eigenvalue weighted by Crippen LogP contribution is -2.08. The van der Waals surface area contributed by atoms with Gasteiger partial charge in [0.25, 0.3) is 0 Å². The SMILES string of the molecule is CC1=CCC(/C(C)=C/OC(=O)CC(C)C)CC1. The number of ether oxygens (including phenoxy) is 1. The summed E-state index contributed by atoms with van der Waals surface area (Å²) in [6.07, 6.45) is 7.86. The third-order valence-electron chi connectivity index (χ3n) is 3.23. The number of carbonyl (C=O) groups excluding carboxylic acids is 1. The number of hydrogen-bond acceptors (Lipinski definition) is 2. The summed E-state index contributed by atoms with van der Waals surface area (Å²) in [6.45, 7) is 8.28. The van der Waals surface area contributed by atoms with E-state index in [0.29, 0.717) is 18.3 Å². The molecule has 2 heteroatoms. The number of rotatable bonds is 4. The Morgan fingerprint density at radius 3 is 2.82 bits per heavy atom. The lowest BCUT2D eigenvalue weighted by atomic mass is 9.86. The van der Waals surface area contributed by atoms with E-state index < -0.39 is 0 Å². The maximum atomic E-state index is 11.4. The molecule has 0 heterocycles. The molecule has 0 saturated carbocycles. The van der Waals surface area contributed by atoms with E-state index in [1.165, 1.54) is 17.6 Å². The molecule has 0 bridgehead atoms. The van der Waals surface area contributed by atoms with Gasteiger partial charge in [-0.2, -0.15) is 0 Å². The molecule has 1 aliphatic carbocycles. The third-order valence-corrected chi connectivity index (χ3v) is 3.23. The summed E-state index contributed by atoms with van der Waals surface area (Å²) < 4.78 is 5.17. The summed E-state index contributed by atoms with van der Waals surface area (Å²) in [6, 6.07) is 0. The quantitative estimate of drug-likeness (QED) is 0.415. The van der Waals surface area contributed by atoms with Crippen molar-refractivity contribution in [2.24, 2.45) is 11.8 Å². The first-order valence-electron chi connectivity index (χ1n) is 6.50. The maximum Gasteiger partial charge on any atom is 0.310 e.